The van der Waals surface area contributed by atoms with E-state index in [0.29, 0.717) is 41.2 Å². The molecule has 2 N–H and O–H groups in total. The molecule has 2 aromatic carbocycles. The van der Waals surface area contributed by atoms with Crippen LogP contribution in [-0.4, -0.2) is 44.2 Å². The fourth-order valence-corrected chi connectivity index (χ4v) is 5.59. The largest absolute Gasteiger partial charge is 0.352 e. The third-order valence-corrected chi connectivity index (χ3v) is 7.79. The molecule has 1 fully saturated rings. The SMILES string of the molecule is CCCCNC(=O)c1ccccc1NC(=O)C1CCN(S(=O)(=O)Cc2cccc(Cl)c2)CC1. The number of piperidine rings is 1. The maximum absolute atomic E-state index is 12.9. The molecular formula is C24H30ClN3O4S. The van der Waals surface area contributed by atoms with Crippen molar-refractivity contribution in [1.29, 1.82) is 0 Å². The Morgan fingerprint density at radius 3 is 2.52 bits per heavy atom. The van der Waals surface area contributed by atoms with Gasteiger partial charge >= 0.3 is 0 Å². The molecule has 0 bridgehead atoms. The van der Waals surface area contributed by atoms with Crippen molar-refractivity contribution in [2.75, 3.05) is 25.0 Å². The highest BCUT2D eigenvalue weighted by Gasteiger charge is 2.31. The summed E-state index contributed by atoms with van der Waals surface area (Å²) in [5.41, 5.74) is 1.52. The molecule has 0 aromatic heterocycles. The summed E-state index contributed by atoms with van der Waals surface area (Å²) in [6.07, 6.45) is 2.71. The number of benzene rings is 2. The molecule has 1 saturated heterocycles. The van der Waals surface area contributed by atoms with Crippen LogP contribution in [0.2, 0.25) is 5.02 Å². The number of carbonyl (C=O) groups is 2. The first-order valence-corrected chi connectivity index (χ1v) is 13.2. The third kappa shape index (κ3) is 7.03. The highest BCUT2D eigenvalue weighted by molar-refractivity contribution is 7.88. The van der Waals surface area contributed by atoms with Crippen LogP contribution in [0.25, 0.3) is 0 Å². The van der Waals surface area contributed by atoms with E-state index in [9.17, 15) is 18.0 Å². The second-order valence-electron chi connectivity index (χ2n) is 8.20. The van der Waals surface area contributed by atoms with E-state index in [1.807, 2.05) is 6.92 Å². The maximum atomic E-state index is 12.9. The number of rotatable bonds is 9. The fourth-order valence-electron chi connectivity index (χ4n) is 3.82. The Morgan fingerprint density at radius 1 is 1.09 bits per heavy atom. The number of nitrogens with one attached hydrogen (secondary N) is 2. The van der Waals surface area contributed by atoms with Gasteiger partial charge in [-0.15, -0.1) is 0 Å². The quantitative estimate of drug-likeness (QED) is 0.517. The molecule has 1 heterocycles. The van der Waals surface area contributed by atoms with E-state index < -0.39 is 10.0 Å². The molecular weight excluding hydrogens is 462 g/mol. The number of carbonyl (C=O) groups excluding carboxylic acids is 2. The van der Waals surface area contributed by atoms with E-state index in [1.54, 1.807) is 48.5 Å². The molecule has 0 radical (unpaired) electrons. The molecule has 0 atom stereocenters. The van der Waals surface area contributed by atoms with Crippen molar-refractivity contribution < 1.29 is 18.0 Å². The molecule has 7 nitrogen and oxygen atoms in total. The molecule has 3 rings (SSSR count). The van der Waals surface area contributed by atoms with Crippen molar-refractivity contribution in [2.45, 2.75) is 38.4 Å². The van der Waals surface area contributed by atoms with Crippen molar-refractivity contribution in [2.24, 2.45) is 5.92 Å². The molecule has 9 heteroatoms. The Morgan fingerprint density at radius 2 is 1.82 bits per heavy atom. The molecule has 0 saturated carbocycles. The Kier molecular flexibility index (Phi) is 8.88. The summed E-state index contributed by atoms with van der Waals surface area (Å²) in [6.45, 7) is 3.19. The lowest BCUT2D eigenvalue weighted by molar-refractivity contribution is -0.120. The van der Waals surface area contributed by atoms with Gasteiger partial charge in [0.2, 0.25) is 15.9 Å². The number of nitrogens with zero attached hydrogens (tertiary/aromatic N) is 1. The number of para-hydroxylation sites is 1. The van der Waals surface area contributed by atoms with Crippen LogP contribution in [0.4, 0.5) is 5.69 Å². The van der Waals surface area contributed by atoms with Crippen LogP contribution in [0.1, 0.15) is 48.5 Å². The highest BCUT2D eigenvalue weighted by atomic mass is 35.5. The number of unbranched alkanes of at least 4 members (excludes halogenated alkanes) is 1. The van der Waals surface area contributed by atoms with E-state index in [4.69, 9.17) is 11.6 Å². The summed E-state index contributed by atoms with van der Waals surface area (Å²) >= 11 is 5.96. The van der Waals surface area contributed by atoms with Crippen LogP contribution in [0, 0.1) is 5.92 Å². The fraction of sp³-hybridized carbons (Fsp3) is 0.417. The molecule has 0 unspecified atom stereocenters. The van der Waals surface area contributed by atoms with E-state index in [0.717, 1.165) is 12.8 Å². The number of anilines is 1. The average molecular weight is 492 g/mol. The van der Waals surface area contributed by atoms with Gasteiger partial charge in [-0.25, -0.2) is 12.7 Å². The monoisotopic (exact) mass is 491 g/mol. The second kappa shape index (κ2) is 11.6. The van der Waals surface area contributed by atoms with Gasteiger partial charge in [0, 0.05) is 30.6 Å². The Labute approximate surface area is 200 Å². The molecule has 33 heavy (non-hydrogen) atoms. The first kappa shape index (κ1) is 25.2. The molecule has 1 aliphatic heterocycles. The first-order valence-electron chi connectivity index (χ1n) is 11.2. The zero-order valence-corrected chi connectivity index (χ0v) is 20.3. The van der Waals surface area contributed by atoms with E-state index in [2.05, 4.69) is 10.6 Å². The van der Waals surface area contributed by atoms with Crippen LogP contribution in [0.15, 0.2) is 48.5 Å². The molecule has 2 aromatic rings. The van der Waals surface area contributed by atoms with Crippen LogP contribution in [-0.2, 0) is 20.6 Å². The van der Waals surface area contributed by atoms with E-state index in [1.165, 1.54) is 4.31 Å². The summed E-state index contributed by atoms with van der Waals surface area (Å²) in [4.78, 5) is 25.3. The van der Waals surface area contributed by atoms with Gasteiger partial charge < -0.3 is 10.6 Å². The zero-order chi connectivity index (χ0) is 23.8. The highest BCUT2D eigenvalue weighted by Crippen LogP contribution is 2.24. The summed E-state index contributed by atoms with van der Waals surface area (Å²) in [5, 5.41) is 6.23. The van der Waals surface area contributed by atoms with Gasteiger partial charge in [-0.2, -0.15) is 0 Å². The summed E-state index contributed by atoms with van der Waals surface area (Å²) in [6, 6.07) is 13.7. The Hall–Kier alpha value is -2.42. The summed E-state index contributed by atoms with van der Waals surface area (Å²) in [5.74, 6) is -0.860. The summed E-state index contributed by atoms with van der Waals surface area (Å²) < 4.78 is 27.0. The standard InChI is InChI=1S/C24H30ClN3O4S/c1-2-3-13-26-24(30)21-9-4-5-10-22(21)27-23(29)19-11-14-28(15-12-19)33(31,32)17-18-7-6-8-20(25)16-18/h4-10,16,19H,2-3,11-15,17H2,1H3,(H,26,30)(H,27,29). The van der Waals surface area contributed by atoms with Crippen molar-refractivity contribution in [3.8, 4) is 0 Å². The predicted molar refractivity (Wildman–Crippen MR) is 131 cm³/mol. The topological polar surface area (TPSA) is 95.6 Å². The lowest BCUT2D eigenvalue weighted by Gasteiger charge is -2.30. The van der Waals surface area contributed by atoms with Gasteiger partial charge in [0.15, 0.2) is 0 Å². The van der Waals surface area contributed by atoms with Gasteiger partial charge in [0.05, 0.1) is 17.0 Å². The van der Waals surface area contributed by atoms with Gasteiger partial charge in [-0.1, -0.05) is 49.2 Å². The van der Waals surface area contributed by atoms with Gasteiger partial charge in [0.1, 0.15) is 0 Å². The minimum atomic E-state index is -3.50. The number of amides is 2. The first-order chi connectivity index (χ1) is 15.8. The average Bonchev–Trinajstić information content (AvgIpc) is 2.79. The van der Waals surface area contributed by atoms with Crippen LogP contribution in [0.3, 0.4) is 0 Å². The second-order valence-corrected chi connectivity index (χ2v) is 10.6. The van der Waals surface area contributed by atoms with Gasteiger partial charge in [-0.05, 0) is 49.1 Å². The molecule has 2 amide bonds. The number of sulfonamides is 1. The Bertz CT molecular complexity index is 1080. The molecule has 0 aliphatic carbocycles. The van der Waals surface area contributed by atoms with Crippen molar-refractivity contribution in [3.63, 3.8) is 0 Å². The Balaban J connectivity index is 1.57. The van der Waals surface area contributed by atoms with E-state index >= 15 is 0 Å². The van der Waals surface area contributed by atoms with E-state index in [-0.39, 0.29) is 36.6 Å². The molecule has 1 aliphatic rings. The van der Waals surface area contributed by atoms with Crippen LogP contribution < -0.4 is 10.6 Å². The number of hydrogen-bond acceptors (Lipinski definition) is 4. The lowest BCUT2D eigenvalue weighted by Crippen LogP contribution is -2.42. The minimum Gasteiger partial charge on any atom is -0.352 e. The maximum Gasteiger partial charge on any atom is 0.253 e. The minimum absolute atomic E-state index is 0.120. The number of halogens is 1. The lowest BCUT2D eigenvalue weighted by atomic mass is 9.97. The van der Waals surface area contributed by atoms with Crippen LogP contribution >= 0.6 is 11.6 Å². The predicted octanol–water partition coefficient (Wildman–Crippen LogP) is 4.05. The van der Waals surface area contributed by atoms with Crippen LogP contribution in [0.5, 0.6) is 0 Å². The number of hydrogen-bond donors (Lipinski definition) is 2. The van der Waals surface area contributed by atoms with Crippen molar-refractivity contribution in [3.05, 3.63) is 64.7 Å². The van der Waals surface area contributed by atoms with Crippen molar-refractivity contribution >= 4 is 39.1 Å². The van der Waals surface area contributed by atoms with Crippen molar-refractivity contribution in [1.82, 2.24) is 9.62 Å². The summed E-state index contributed by atoms with van der Waals surface area (Å²) in [7, 11) is -3.50. The van der Waals surface area contributed by atoms with Gasteiger partial charge in [0.25, 0.3) is 5.91 Å². The normalized spacial score (nSPS) is 15.2. The zero-order valence-electron chi connectivity index (χ0n) is 18.7. The molecule has 0 spiro atoms. The molecule has 178 valence electrons. The van der Waals surface area contributed by atoms with Gasteiger partial charge in [-0.3, -0.25) is 9.59 Å². The smallest absolute Gasteiger partial charge is 0.253 e. The third-order valence-electron chi connectivity index (χ3n) is 5.70.